The van der Waals surface area contributed by atoms with Crippen LogP contribution >= 0.6 is 0 Å². The van der Waals surface area contributed by atoms with Crippen LogP contribution in [0.25, 0.3) is 0 Å². The number of nitrogens with zero attached hydrogens (tertiary/aromatic N) is 1. The van der Waals surface area contributed by atoms with Crippen LogP contribution in [-0.2, 0) is 42.9 Å². The van der Waals surface area contributed by atoms with E-state index in [9.17, 15) is 24.3 Å². The van der Waals surface area contributed by atoms with Gasteiger partial charge in [0, 0.05) is 26.0 Å². The van der Waals surface area contributed by atoms with Crippen LogP contribution < -0.4 is 22.5 Å². The summed E-state index contributed by atoms with van der Waals surface area (Å²) < 4.78 is 28.0. The number of rotatable bonds is 19. The largest absolute Gasteiger partial charge is 0.478 e. The number of aliphatic imine (C=N–C) groups is 1. The maximum Gasteiger partial charge on any atom is 0.376 e. The highest BCUT2D eigenvalue weighted by molar-refractivity contribution is 5.87. The Hall–Kier alpha value is -4.21. The van der Waals surface area contributed by atoms with E-state index in [1.165, 1.54) is 20.1 Å². The van der Waals surface area contributed by atoms with Crippen molar-refractivity contribution in [3.05, 3.63) is 47.7 Å². The Morgan fingerprint density at radius 2 is 1.71 bits per heavy atom. The lowest BCUT2D eigenvalue weighted by Gasteiger charge is -2.40. The number of hydrogen-bond acceptors (Lipinski definition) is 12. The second-order valence-electron chi connectivity index (χ2n) is 11.9. The van der Waals surface area contributed by atoms with Gasteiger partial charge in [-0.3, -0.25) is 14.4 Å². The predicted molar refractivity (Wildman–Crippen MR) is 175 cm³/mol. The summed E-state index contributed by atoms with van der Waals surface area (Å²) in [6.07, 6.45) is 0.532. The highest BCUT2D eigenvalue weighted by atomic mass is 16.7. The highest BCUT2D eigenvalue weighted by Gasteiger charge is 2.45. The number of unbranched alkanes of at least 4 members (excludes halogenated alkanes) is 4. The van der Waals surface area contributed by atoms with Gasteiger partial charge >= 0.3 is 17.9 Å². The Balaban J connectivity index is 2.37. The van der Waals surface area contributed by atoms with E-state index in [0.29, 0.717) is 12.0 Å². The topological polar surface area (TPSA) is 237 Å². The molecule has 15 heteroatoms. The van der Waals surface area contributed by atoms with Crippen molar-refractivity contribution in [1.82, 2.24) is 5.32 Å². The molecule has 268 valence electrons. The number of nitrogens with two attached hydrogens (primary N) is 3. The molecular formula is C33H51N5O10. The third kappa shape index (κ3) is 12.8. The van der Waals surface area contributed by atoms with Gasteiger partial charge in [0.05, 0.1) is 12.1 Å². The molecule has 0 aromatic heterocycles. The first-order valence-electron chi connectivity index (χ1n) is 16.1. The van der Waals surface area contributed by atoms with Crippen LogP contribution in [0.3, 0.4) is 0 Å². The molecule has 15 nitrogen and oxygen atoms in total. The third-order valence-electron chi connectivity index (χ3n) is 7.55. The number of hydrogen-bond donors (Lipinski definition) is 5. The van der Waals surface area contributed by atoms with Gasteiger partial charge in [-0.15, -0.1) is 0 Å². The Morgan fingerprint density at radius 3 is 2.29 bits per heavy atom. The summed E-state index contributed by atoms with van der Waals surface area (Å²) in [4.78, 5) is 55.1. The molecule has 0 aliphatic carbocycles. The summed E-state index contributed by atoms with van der Waals surface area (Å²) in [6.45, 7) is 6.36. The summed E-state index contributed by atoms with van der Waals surface area (Å²) in [7, 11) is 1.27. The molecule has 1 aliphatic rings. The number of amides is 1. The SMILES string of the molecule is CCCCCCCC(=O)OC[C@@H](O)[C@H](OC)[C@@H]1OC(C(=O)OC(OC(=O)[C@H](N)C(C)C)c2ccccc2)=C[C@H](N=C(N)N)[C@H]1NC(C)=O. The third-order valence-corrected chi connectivity index (χ3v) is 7.55. The van der Waals surface area contributed by atoms with Gasteiger partial charge < -0.3 is 51.3 Å². The van der Waals surface area contributed by atoms with Gasteiger partial charge in [-0.2, -0.15) is 0 Å². The van der Waals surface area contributed by atoms with E-state index in [1.54, 1.807) is 44.2 Å². The average molecular weight is 678 g/mol. The lowest BCUT2D eigenvalue weighted by molar-refractivity contribution is -0.193. The summed E-state index contributed by atoms with van der Waals surface area (Å²) in [5, 5.41) is 13.8. The van der Waals surface area contributed by atoms with Gasteiger partial charge in [-0.1, -0.05) is 76.8 Å². The number of benzene rings is 1. The van der Waals surface area contributed by atoms with Crippen molar-refractivity contribution in [2.75, 3.05) is 13.7 Å². The van der Waals surface area contributed by atoms with Crippen molar-refractivity contribution >= 4 is 29.8 Å². The van der Waals surface area contributed by atoms with Crippen molar-refractivity contribution in [3.63, 3.8) is 0 Å². The number of guanidine groups is 1. The Labute approximate surface area is 281 Å². The monoisotopic (exact) mass is 677 g/mol. The smallest absolute Gasteiger partial charge is 0.376 e. The first-order valence-corrected chi connectivity index (χ1v) is 16.1. The highest BCUT2D eigenvalue weighted by Crippen LogP contribution is 2.29. The van der Waals surface area contributed by atoms with E-state index in [4.69, 9.17) is 40.9 Å². The first-order chi connectivity index (χ1) is 22.8. The average Bonchev–Trinajstić information content (AvgIpc) is 3.04. The minimum absolute atomic E-state index is 0.184. The number of esters is 3. The van der Waals surface area contributed by atoms with Crippen molar-refractivity contribution < 1.29 is 48.0 Å². The second kappa shape index (κ2) is 20.2. The zero-order chi connectivity index (χ0) is 35.8. The van der Waals surface area contributed by atoms with Crippen molar-refractivity contribution in [1.29, 1.82) is 0 Å². The molecule has 0 fully saturated rings. The fraction of sp³-hybridized carbons (Fsp3) is 0.606. The van der Waals surface area contributed by atoms with E-state index in [2.05, 4.69) is 17.2 Å². The lowest BCUT2D eigenvalue weighted by Crippen LogP contribution is -2.60. The molecule has 1 aliphatic heterocycles. The van der Waals surface area contributed by atoms with Gasteiger partial charge in [-0.25, -0.2) is 9.79 Å². The predicted octanol–water partition coefficient (Wildman–Crippen LogP) is 1.46. The fourth-order valence-electron chi connectivity index (χ4n) is 4.90. The van der Waals surface area contributed by atoms with Gasteiger partial charge in [0.1, 0.15) is 24.9 Å². The molecular weight excluding hydrogens is 626 g/mol. The number of methoxy groups -OCH3 is 1. The zero-order valence-electron chi connectivity index (χ0n) is 28.3. The molecule has 7 atom stereocenters. The van der Waals surface area contributed by atoms with Crippen LogP contribution in [0.1, 0.15) is 78.1 Å². The maximum atomic E-state index is 13.6. The van der Waals surface area contributed by atoms with Crippen molar-refractivity contribution in [2.24, 2.45) is 28.1 Å². The molecule has 0 spiro atoms. The number of nitrogens with one attached hydrogen (secondary N) is 1. The molecule has 8 N–H and O–H groups in total. The molecule has 1 unspecified atom stereocenters. The van der Waals surface area contributed by atoms with Crippen molar-refractivity contribution in [2.45, 2.75) is 109 Å². The normalized spacial score (nSPS) is 19.8. The summed E-state index contributed by atoms with van der Waals surface area (Å²) in [5.74, 6) is -3.95. The van der Waals surface area contributed by atoms with Crippen LogP contribution in [0.5, 0.6) is 0 Å². The molecule has 2 rings (SSSR count). The van der Waals surface area contributed by atoms with Crippen molar-refractivity contribution in [3.8, 4) is 0 Å². The molecule has 1 aromatic rings. The van der Waals surface area contributed by atoms with Crippen LogP contribution in [0, 0.1) is 5.92 Å². The first kappa shape index (κ1) is 40.0. The van der Waals surface area contributed by atoms with Crippen LogP contribution in [0.2, 0.25) is 0 Å². The molecule has 0 saturated carbocycles. The van der Waals surface area contributed by atoms with Crippen LogP contribution in [0.4, 0.5) is 0 Å². The number of carbonyl (C=O) groups excluding carboxylic acids is 4. The second-order valence-corrected chi connectivity index (χ2v) is 11.9. The molecule has 1 aromatic carbocycles. The molecule has 0 radical (unpaired) electrons. The summed E-state index contributed by atoms with van der Waals surface area (Å²) in [5.41, 5.74) is 17.7. The van der Waals surface area contributed by atoms with Gasteiger partial charge in [0.15, 0.2) is 12.1 Å². The molecule has 1 amide bonds. The van der Waals surface area contributed by atoms with E-state index in [1.807, 2.05) is 0 Å². The summed E-state index contributed by atoms with van der Waals surface area (Å²) in [6, 6.07) is 5.06. The number of ether oxygens (including phenoxy) is 5. The molecule has 0 saturated heterocycles. The minimum atomic E-state index is -1.52. The van der Waals surface area contributed by atoms with Gasteiger partial charge in [-0.05, 0) is 18.4 Å². The van der Waals surface area contributed by atoms with E-state index in [0.717, 1.165) is 25.7 Å². The van der Waals surface area contributed by atoms with Crippen LogP contribution in [0.15, 0.2) is 47.2 Å². The lowest BCUT2D eigenvalue weighted by atomic mass is 9.92. The standard InChI is InChI=1S/C33H51N5O10/c1-6-7-8-9-13-16-25(41)45-18-23(40)28(44-5)29-27(37-20(4)39)22(38-33(35)36)17-24(46-29)30(42)47-32(21-14-11-10-12-15-21)48-31(43)26(34)19(2)3/h10-12,14-15,17,19,22-23,26-29,32,40H,6-9,13,16,18,34H2,1-5H3,(H,37,39)(H4,35,36,38)/t22-,23+,26+,27+,28-,29+,32?/m0/s1. The molecule has 48 heavy (non-hydrogen) atoms. The summed E-state index contributed by atoms with van der Waals surface area (Å²) >= 11 is 0. The number of carbonyl (C=O) groups is 4. The molecule has 1 heterocycles. The quantitative estimate of drug-likeness (QED) is 0.0459. The van der Waals surface area contributed by atoms with Crippen LogP contribution in [-0.4, -0.2) is 85.0 Å². The zero-order valence-corrected chi connectivity index (χ0v) is 28.3. The Morgan fingerprint density at radius 1 is 1.04 bits per heavy atom. The minimum Gasteiger partial charge on any atom is -0.478 e. The van der Waals surface area contributed by atoms with E-state index in [-0.39, 0.29) is 18.3 Å². The fourth-order valence-corrected chi connectivity index (χ4v) is 4.90. The molecule has 0 bridgehead atoms. The van der Waals surface area contributed by atoms with Gasteiger partial charge in [0.25, 0.3) is 6.29 Å². The maximum absolute atomic E-state index is 13.6. The van der Waals surface area contributed by atoms with E-state index >= 15 is 0 Å². The Bertz CT molecular complexity index is 1250. The Kier molecular flexibility index (Phi) is 16.8. The number of aliphatic hydroxyl groups excluding tert-OH is 1. The van der Waals surface area contributed by atoms with Gasteiger partial charge in [0.2, 0.25) is 11.7 Å². The number of aliphatic hydroxyl groups is 1. The van der Waals surface area contributed by atoms with E-state index < -0.39 is 78.9 Å².